The molecule has 8 heteroatoms. The fraction of sp³-hybridized carbons (Fsp3) is 0.267. The highest BCUT2D eigenvalue weighted by molar-refractivity contribution is 8.26. The van der Waals surface area contributed by atoms with Crippen molar-refractivity contribution in [3.8, 4) is 11.5 Å². The van der Waals surface area contributed by atoms with Crippen molar-refractivity contribution in [3.63, 3.8) is 0 Å². The topological polar surface area (TPSA) is 73.9 Å². The van der Waals surface area contributed by atoms with E-state index in [-0.39, 0.29) is 12.5 Å². The number of nitrogens with one attached hydrogen (secondary N) is 1. The maximum atomic E-state index is 11.7. The van der Waals surface area contributed by atoms with Crippen molar-refractivity contribution < 1.29 is 23.8 Å². The number of thioether (sulfide) groups is 1. The molecule has 0 atom stereocenters. The predicted molar refractivity (Wildman–Crippen MR) is 91.4 cm³/mol. The van der Waals surface area contributed by atoms with E-state index in [2.05, 4.69) is 5.32 Å². The average Bonchev–Trinajstić information content (AvgIpc) is 2.83. The highest BCUT2D eigenvalue weighted by Gasteiger charge is 2.22. The van der Waals surface area contributed by atoms with E-state index in [1.54, 1.807) is 31.2 Å². The van der Waals surface area contributed by atoms with Crippen LogP contribution in [0.5, 0.6) is 11.5 Å². The Morgan fingerprint density at radius 3 is 2.78 bits per heavy atom. The van der Waals surface area contributed by atoms with Gasteiger partial charge in [0.25, 0.3) is 5.91 Å². The Hall–Kier alpha value is -2.06. The van der Waals surface area contributed by atoms with E-state index in [1.807, 2.05) is 0 Å². The third-order valence-electron chi connectivity index (χ3n) is 2.78. The van der Waals surface area contributed by atoms with Crippen LogP contribution < -0.4 is 14.8 Å². The highest BCUT2D eigenvalue weighted by Crippen LogP contribution is 2.31. The van der Waals surface area contributed by atoms with Gasteiger partial charge in [0.2, 0.25) is 0 Å². The first kappa shape index (κ1) is 17.3. The van der Waals surface area contributed by atoms with Gasteiger partial charge in [-0.3, -0.25) is 4.79 Å². The fourth-order valence-corrected chi connectivity index (χ4v) is 2.85. The number of methoxy groups -OCH3 is 1. The molecular formula is C15H15NO5S2. The van der Waals surface area contributed by atoms with Crippen LogP contribution in [0.25, 0.3) is 6.08 Å². The van der Waals surface area contributed by atoms with Crippen LogP contribution in [0.2, 0.25) is 0 Å². The van der Waals surface area contributed by atoms with Gasteiger partial charge in [0.05, 0.1) is 18.6 Å². The normalized spacial score (nSPS) is 15.5. The second kappa shape index (κ2) is 7.98. The third-order valence-corrected chi connectivity index (χ3v) is 3.94. The number of esters is 1. The summed E-state index contributed by atoms with van der Waals surface area (Å²) in [5.41, 5.74) is 0.757. The lowest BCUT2D eigenvalue weighted by Crippen LogP contribution is -2.17. The molecule has 0 bridgehead atoms. The van der Waals surface area contributed by atoms with Gasteiger partial charge in [0.15, 0.2) is 18.1 Å². The fourth-order valence-electron chi connectivity index (χ4n) is 1.80. The summed E-state index contributed by atoms with van der Waals surface area (Å²) in [6.45, 7) is 1.83. The summed E-state index contributed by atoms with van der Waals surface area (Å²) in [6, 6.07) is 5.13. The van der Waals surface area contributed by atoms with Crippen molar-refractivity contribution in [3.05, 3.63) is 28.7 Å². The molecular weight excluding hydrogens is 338 g/mol. The molecule has 6 nitrogen and oxygen atoms in total. The van der Waals surface area contributed by atoms with Crippen LogP contribution >= 0.6 is 24.0 Å². The number of carbonyl (C=O) groups is 2. The van der Waals surface area contributed by atoms with Crippen LogP contribution in [-0.2, 0) is 14.3 Å². The molecule has 0 saturated carbocycles. The zero-order valence-corrected chi connectivity index (χ0v) is 14.2. The summed E-state index contributed by atoms with van der Waals surface area (Å²) >= 11 is 6.15. The number of hydrogen-bond donors (Lipinski definition) is 1. The second-order valence-corrected chi connectivity index (χ2v) is 6.08. The SMILES string of the molecule is CCOC(=O)COc1ccc(/C=C2/SC(=S)NC2=O)cc1OC. The van der Waals surface area contributed by atoms with Crippen molar-refractivity contribution in [2.24, 2.45) is 0 Å². The van der Waals surface area contributed by atoms with Gasteiger partial charge in [0, 0.05) is 0 Å². The molecule has 1 aromatic carbocycles. The van der Waals surface area contributed by atoms with Crippen molar-refractivity contribution >= 4 is 46.3 Å². The smallest absolute Gasteiger partial charge is 0.344 e. The molecule has 1 saturated heterocycles. The van der Waals surface area contributed by atoms with Crippen LogP contribution in [0.1, 0.15) is 12.5 Å². The summed E-state index contributed by atoms with van der Waals surface area (Å²) in [5.74, 6) is 0.200. The summed E-state index contributed by atoms with van der Waals surface area (Å²) in [4.78, 5) is 23.5. The largest absolute Gasteiger partial charge is 0.493 e. The van der Waals surface area contributed by atoms with Crippen LogP contribution in [0.15, 0.2) is 23.1 Å². The Balaban J connectivity index is 2.13. The van der Waals surface area contributed by atoms with Gasteiger partial charge in [-0.25, -0.2) is 4.79 Å². The highest BCUT2D eigenvalue weighted by atomic mass is 32.2. The molecule has 0 unspecified atom stereocenters. The summed E-state index contributed by atoms with van der Waals surface area (Å²) < 4.78 is 15.9. The minimum absolute atomic E-state index is 0.197. The Bertz CT molecular complexity index is 672. The zero-order valence-electron chi connectivity index (χ0n) is 12.6. The summed E-state index contributed by atoms with van der Waals surface area (Å²) in [7, 11) is 1.50. The van der Waals surface area contributed by atoms with Crippen LogP contribution in [-0.4, -0.2) is 36.5 Å². The second-order valence-electron chi connectivity index (χ2n) is 4.36. The molecule has 1 amide bonds. The molecule has 1 fully saturated rings. The molecule has 0 radical (unpaired) electrons. The number of benzene rings is 1. The molecule has 1 aromatic rings. The Labute approximate surface area is 143 Å². The van der Waals surface area contributed by atoms with E-state index >= 15 is 0 Å². The maximum Gasteiger partial charge on any atom is 0.344 e. The summed E-state index contributed by atoms with van der Waals surface area (Å²) in [6.07, 6.45) is 1.71. The first-order valence-corrected chi connectivity index (χ1v) is 7.97. The number of amides is 1. The molecule has 0 spiro atoms. The van der Waals surface area contributed by atoms with Gasteiger partial charge < -0.3 is 19.5 Å². The minimum Gasteiger partial charge on any atom is -0.493 e. The number of hydrogen-bond acceptors (Lipinski definition) is 7. The molecule has 1 heterocycles. The lowest BCUT2D eigenvalue weighted by atomic mass is 10.2. The molecule has 23 heavy (non-hydrogen) atoms. The quantitative estimate of drug-likeness (QED) is 0.477. The molecule has 0 aromatic heterocycles. The molecule has 0 aliphatic carbocycles. The Kier molecular flexibility index (Phi) is 6.00. The van der Waals surface area contributed by atoms with Gasteiger partial charge in [-0.15, -0.1) is 0 Å². The third kappa shape index (κ3) is 4.70. The molecule has 1 N–H and O–H groups in total. The van der Waals surface area contributed by atoms with Gasteiger partial charge in [-0.1, -0.05) is 30.0 Å². The van der Waals surface area contributed by atoms with Gasteiger partial charge in [-0.2, -0.15) is 0 Å². The van der Waals surface area contributed by atoms with E-state index in [4.69, 9.17) is 26.4 Å². The van der Waals surface area contributed by atoms with Gasteiger partial charge in [0.1, 0.15) is 4.32 Å². The van der Waals surface area contributed by atoms with E-state index < -0.39 is 5.97 Å². The number of ether oxygens (including phenoxy) is 3. The summed E-state index contributed by atoms with van der Waals surface area (Å²) in [5, 5.41) is 2.55. The Morgan fingerprint density at radius 2 is 2.17 bits per heavy atom. The van der Waals surface area contributed by atoms with Crippen molar-refractivity contribution in [1.29, 1.82) is 0 Å². The number of thiocarbonyl (C=S) groups is 1. The lowest BCUT2D eigenvalue weighted by molar-refractivity contribution is -0.145. The van der Waals surface area contributed by atoms with E-state index in [1.165, 1.54) is 18.9 Å². The lowest BCUT2D eigenvalue weighted by Gasteiger charge is -2.11. The van der Waals surface area contributed by atoms with Gasteiger partial charge >= 0.3 is 5.97 Å². The molecule has 2 rings (SSSR count). The standard InChI is InChI=1S/C15H15NO5S2/c1-3-20-13(17)8-21-10-5-4-9(6-11(10)19-2)7-12-14(18)16-15(22)23-12/h4-7H,3,8H2,1-2H3,(H,16,18,22)/b12-7+. The van der Waals surface area contributed by atoms with Crippen LogP contribution in [0.4, 0.5) is 0 Å². The van der Waals surface area contributed by atoms with E-state index in [0.717, 1.165) is 5.56 Å². The van der Waals surface area contributed by atoms with E-state index in [9.17, 15) is 9.59 Å². The molecule has 1 aliphatic heterocycles. The van der Waals surface area contributed by atoms with Crippen molar-refractivity contribution in [1.82, 2.24) is 5.32 Å². The van der Waals surface area contributed by atoms with Crippen LogP contribution in [0, 0.1) is 0 Å². The average molecular weight is 353 g/mol. The van der Waals surface area contributed by atoms with Crippen LogP contribution in [0.3, 0.4) is 0 Å². The monoisotopic (exact) mass is 353 g/mol. The van der Waals surface area contributed by atoms with E-state index in [0.29, 0.717) is 27.3 Å². The molecule has 122 valence electrons. The molecule has 1 aliphatic rings. The number of rotatable bonds is 6. The first-order valence-electron chi connectivity index (χ1n) is 6.74. The predicted octanol–water partition coefficient (Wildman–Crippen LogP) is 2.13. The zero-order chi connectivity index (χ0) is 16.8. The van der Waals surface area contributed by atoms with Crippen molar-refractivity contribution in [2.45, 2.75) is 6.92 Å². The Morgan fingerprint density at radius 1 is 1.39 bits per heavy atom. The number of carbonyl (C=O) groups excluding carboxylic acids is 2. The first-order chi connectivity index (χ1) is 11.0. The minimum atomic E-state index is -0.451. The van der Waals surface area contributed by atoms with Crippen molar-refractivity contribution in [2.75, 3.05) is 20.3 Å². The van der Waals surface area contributed by atoms with Gasteiger partial charge in [-0.05, 0) is 30.7 Å². The maximum absolute atomic E-state index is 11.7.